The summed E-state index contributed by atoms with van der Waals surface area (Å²) in [5, 5.41) is 0.732. The van der Waals surface area contributed by atoms with E-state index < -0.39 is 0 Å². The summed E-state index contributed by atoms with van der Waals surface area (Å²) >= 11 is 11.4. The van der Waals surface area contributed by atoms with Crippen LogP contribution in [-0.2, 0) is 13.2 Å². The van der Waals surface area contributed by atoms with E-state index in [0.717, 1.165) is 40.4 Å². The van der Waals surface area contributed by atoms with Gasteiger partial charge in [-0.1, -0.05) is 49.3 Å². The van der Waals surface area contributed by atoms with Gasteiger partial charge in [0.1, 0.15) is 11.2 Å². The van der Waals surface area contributed by atoms with Gasteiger partial charge >= 0.3 is 0 Å². The molecule has 0 saturated heterocycles. The molecule has 0 unspecified atom stereocenters. The van der Waals surface area contributed by atoms with Gasteiger partial charge < -0.3 is 9.30 Å². The summed E-state index contributed by atoms with van der Waals surface area (Å²) in [5.74, 6) is 0.765. The maximum atomic E-state index is 5.88. The third-order valence-corrected chi connectivity index (χ3v) is 4.07. The van der Waals surface area contributed by atoms with Gasteiger partial charge in [-0.25, -0.2) is 0 Å². The molecule has 0 saturated carbocycles. The normalized spacial score (nSPS) is 10.6. The van der Waals surface area contributed by atoms with Gasteiger partial charge in [-0.05, 0) is 43.2 Å². The molecule has 0 spiro atoms. The van der Waals surface area contributed by atoms with Crippen LogP contribution in [0.15, 0.2) is 36.4 Å². The fraction of sp³-hybridized carbons (Fsp3) is 0.353. The summed E-state index contributed by atoms with van der Waals surface area (Å²) in [7, 11) is 0. The second-order valence-electron chi connectivity index (χ2n) is 5.06. The van der Waals surface area contributed by atoms with Crippen LogP contribution in [0.25, 0.3) is 0 Å². The molecule has 0 N–H and O–H groups in total. The smallest absolute Gasteiger partial charge is 0.154 e. The number of pyridine rings is 1. The minimum Gasteiger partial charge on any atom is -0.486 e. The molecule has 2 rings (SSSR count). The molecule has 1 aromatic heterocycles. The Morgan fingerprint density at radius 3 is 2.52 bits per heavy atom. The first-order chi connectivity index (χ1) is 10.1. The highest BCUT2D eigenvalue weighted by Gasteiger charge is 2.04. The van der Waals surface area contributed by atoms with Crippen LogP contribution in [-0.4, -0.2) is 4.57 Å². The van der Waals surface area contributed by atoms with Crippen molar-refractivity contribution in [1.82, 2.24) is 4.57 Å². The minimum atomic E-state index is 0.498. The van der Waals surface area contributed by atoms with Crippen molar-refractivity contribution in [2.75, 3.05) is 0 Å². The average Bonchev–Trinajstić information content (AvgIpc) is 2.48. The Morgan fingerprint density at radius 2 is 1.86 bits per heavy atom. The molecule has 0 bridgehead atoms. The first kappa shape index (κ1) is 16.1. The molecular formula is C17H20ClNOS. The van der Waals surface area contributed by atoms with Crippen LogP contribution in [0.1, 0.15) is 31.0 Å². The molecule has 0 radical (unpaired) electrons. The van der Waals surface area contributed by atoms with Crippen molar-refractivity contribution in [3.05, 3.63) is 57.3 Å². The maximum Gasteiger partial charge on any atom is 0.154 e. The van der Waals surface area contributed by atoms with Crippen LogP contribution in [0.3, 0.4) is 0 Å². The van der Waals surface area contributed by atoms with Gasteiger partial charge in [0.25, 0.3) is 0 Å². The second-order valence-corrected chi connectivity index (χ2v) is 5.89. The van der Waals surface area contributed by atoms with Crippen LogP contribution >= 0.6 is 23.8 Å². The van der Waals surface area contributed by atoms with Crippen molar-refractivity contribution in [3.63, 3.8) is 0 Å². The van der Waals surface area contributed by atoms with Crippen molar-refractivity contribution in [3.8, 4) is 5.75 Å². The first-order valence-corrected chi connectivity index (χ1v) is 7.98. The van der Waals surface area contributed by atoms with E-state index in [1.165, 1.54) is 5.69 Å². The molecular weight excluding hydrogens is 302 g/mol. The summed E-state index contributed by atoms with van der Waals surface area (Å²) in [6.45, 7) is 5.70. The first-order valence-electron chi connectivity index (χ1n) is 7.19. The molecule has 21 heavy (non-hydrogen) atoms. The number of benzene rings is 1. The molecule has 0 atom stereocenters. The van der Waals surface area contributed by atoms with Gasteiger partial charge in [-0.15, -0.1) is 0 Å². The van der Waals surface area contributed by atoms with E-state index >= 15 is 0 Å². The lowest BCUT2D eigenvalue weighted by molar-refractivity contribution is 0.301. The van der Waals surface area contributed by atoms with Crippen LogP contribution < -0.4 is 4.74 Å². The summed E-state index contributed by atoms with van der Waals surface area (Å²) in [6, 6.07) is 11.7. The van der Waals surface area contributed by atoms with Crippen molar-refractivity contribution in [2.24, 2.45) is 0 Å². The Balaban J connectivity index is 2.13. The highest BCUT2D eigenvalue weighted by atomic mass is 35.5. The zero-order valence-electron chi connectivity index (χ0n) is 12.4. The molecule has 0 fully saturated rings. The van der Waals surface area contributed by atoms with Crippen molar-refractivity contribution >= 4 is 23.8 Å². The molecule has 0 amide bonds. The highest BCUT2D eigenvalue weighted by Crippen LogP contribution is 2.19. The zero-order chi connectivity index (χ0) is 15.2. The lowest BCUT2D eigenvalue weighted by Gasteiger charge is -2.14. The van der Waals surface area contributed by atoms with Gasteiger partial charge in [-0.3, -0.25) is 0 Å². The largest absolute Gasteiger partial charge is 0.486 e. The molecule has 0 aliphatic rings. The number of hydrogen-bond acceptors (Lipinski definition) is 2. The second kappa shape index (κ2) is 7.62. The third kappa shape index (κ3) is 4.32. The Bertz CT molecular complexity index is 649. The Hall–Kier alpha value is -1.32. The quantitative estimate of drug-likeness (QED) is 0.647. The number of halogens is 1. The topological polar surface area (TPSA) is 14.2 Å². The lowest BCUT2D eigenvalue weighted by atomic mass is 10.2. The summed E-state index contributed by atoms with van der Waals surface area (Å²) < 4.78 is 8.79. The van der Waals surface area contributed by atoms with E-state index in [4.69, 9.17) is 28.6 Å². The number of nitrogens with zero attached hydrogens (tertiary/aromatic N) is 1. The summed E-state index contributed by atoms with van der Waals surface area (Å²) in [4.78, 5) is 0. The average molecular weight is 322 g/mol. The van der Waals surface area contributed by atoms with Gasteiger partial charge in [0.05, 0.1) is 0 Å². The van der Waals surface area contributed by atoms with Crippen LogP contribution in [0, 0.1) is 11.6 Å². The predicted octanol–water partition coefficient (Wildman–Crippen LogP) is 5.56. The molecule has 4 heteroatoms. The predicted molar refractivity (Wildman–Crippen MR) is 90.7 cm³/mol. The number of hydrogen-bond donors (Lipinski definition) is 0. The number of unbranched alkanes of at least 4 members (excludes halogenated alkanes) is 1. The monoisotopic (exact) mass is 321 g/mol. The summed E-state index contributed by atoms with van der Waals surface area (Å²) in [5.41, 5.74) is 2.25. The van der Waals surface area contributed by atoms with Crippen LogP contribution in [0.4, 0.5) is 0 Å². The van der Waals surface area contributed by atoms with E-state index in [0.29, 0.717) is 6.61 Å². The zero-order valence-corrected chi connectivity index (χ0v) is 14.0. The number of rotatable bonds is 6. The van der Waals surface area contributed by atoms with E-state index in [1.807, 2.05) is 30.3 Å². The maximum absolute atomic E-state index is 5.88. The van der Waals surface area contributed by atoms with E-state index in [-0.39, 0.29) is 0 Å². The van der Waals surface area contributed by atoms with Crippen molar-refractivity contribution in [1.29, 1.82) is 0 Å². The molecule has 2 nitrogen and oxygen atoms in total. The van der Waals surface area contributed by atoms with Crippen molar-refractivity contribution in [2.45, 2.75) is 39.8 Å². The molecule has 0 aliphatic heterocycles. The minimum absolute atomic E-state index is 0.498. The summed E-state index contributed by atoms with van der Waals surface area (Å²) in [6.07, 6.45) is 2.27. The highest BCUT2D eigenvalue weighted by molar-refractivity contribution is 7.71. The van der Waals surface area contributed by atoms with Crippen molar-refractivity contribution < 1.29 is 4.74 Å². The lowest BCUT2D eigenvalue weighted by Crippen LogP contribution is -2.07. The molecule has 0 aliphatic carbocycles. The van der Waals surface area contributed by atoms with Gasteiger partial charge in [0.2, 0.25) is 0 Å². The van der Waals surface area contributed by atoms with E-state index in [9.17, 15) is 0 Å². The van der Waals surface area contributed by atoms with Gasteiger partial charge in [0, 0.05) is 17.3 Å². The molecule has 1 heterocycles. The van der Waals surface area contributed by atoms with Gasteiger partial charge in [-0.2, -0.15) is 0 Å². The Kier molecular flexibility index (Phi) is 5.83. The van der Waals surface area contributed by atoms with E-state index in [2.05, 4.69) is 24.5 Å². The fourth-order valence-electron chi connectivity index (χ4n) is 2.10. The van der Waals surface area contributed by atoms with Crippen LogP contribution in [0.2, 0.25) is 5.02 Å². The van der Waals surface area contributed by atoms with Crippen LogP contribution in [0.5, 0.6) is 5.75 Å². The standard InChI is InChI=1S/C17H20ClNOS/c1-3-4-11-19-13(2)5-10-16(17(19)21)20-12-14-6-8-15(18)9-7-14/h5-10H,3-4,11-12H2,1-2H3. The van der Waals surface area contributed by atoms with Gasteiger partial charge in [0.15, 0.2) is 5.75 Å². The molecule has 112 valence electrons. The Labute approximate surface area is 136 Å². The van der Waals surface area contributed by atoms with E-state index in [1.54, 1.807) is 0 Å². The Morgan fingerprint density at radius 1 is 1.14 bits per heavy atom. The SMILES string of the molecule is CCCCn1c(C)ccc(OCc2ccc(Cl)cc2)c1=S. The fourth-order valence-corrected chi connectivity index (χ4v) is 2.58. The third-order valence-electron chi connectivity index (χ3n) is 3.40. The molecule has 2 aromatic rings. The number of aryl methyl sites for hydroxylation is 1. The molecule has 1 aromatic carbocycles. The number of ether oxygens (including phenoxy) is 1. The number of aromatic nitrogens is 1.